The first-order valence-corrected chi connectivity index (χ1v) is 10.3. The van der Waals surface area contributed by atoms with Crippen LogP contribution < -0.4 is 5.32 Å². The zero-order chi connectivity index (χ0) is 18.2. The molecule has 138 valence electrons. The largest absolute Gasteiger partial charge is 0.352 e. The Morgan fingerprint density at radius 3 is 2.40 bits per heavy atom. The molecule has 0 unspecified atom stereocenters. The summed E-state index contributed by atoms with van der Waals surface area (Å²) < 4.78 is 27.4. The van der Waals surface area contributed by atoms with E-state index in [1.165, 1.54) is 4.31 Å². The van der Waals surface area contributed by atoms with Gasteiger partial charge in [0.1, 0.15) is 0 Å². The molecule has 1 aromatic rings. The smallest absolute Gasteiger partial charge is 0.243 e. The summed E-state index contributed by atoms with van der Waals surface area (Å²) in [5.41, 5.74) is 1.71. The van der Waals surface area contributed by atoms with Gasteiger partial charge in [0.2, 0.25) is 15.9 Å². The van der Waals surface area contributed by atoms with Crippen LogP contribution in [0.5, 0.6) is 0 Å². The highest BCUT2D eigenvalue weighted by Crippen LogP contribution is 2.23. The highest BCUT2D eigenvalue weighted by molar-refractivity contribution is 7.89. The van der Waals surface area contributed by atoms with Crippen LogP contribution in [0.2, 0.25) is 0 Å². The number of benzene rings is 1. The van der Waals surface area contributed by atoms with Crippen LogP contribution in [0.4, 0.5) is 0 Å². The van der Waals surface area contributed by atoms with Crippen molar-refractivity contribution in [3.05, 3.63) is 29.3 Å². The predicted molar refractivity (Wildman–Crippen MR) is 96.9 cm³/mol. The maximum atomic E-state index is 13.0. The lowest BCUT2D eigenvalue weighted by atomic mass is 10.2. The first kappa shape index (κ1) is 18.4. The normalized spacial score (nSPS) is 21.1. The second kappa shape index (κ2) is 7.05. The number of hydrogen-bond donors (Lipinski definition) is 1. The number of piperazine rings is 1. The lowest BCUT2D eigenvalue weighted by molar-refractivity contribution is -0.126. The minimum absolute atomic E-state index is 0.0494. The Morgan fingerprint density at radius 1 is 1.16 bits per heavy atom. The van der Waals surface area contributed by atoms with Crippen molar-refractivity contribution in [1.29, 1.82) is 0 Å². The molecule has 7 heteroatoms. The first-order chi connectivity index (χ1) is 11.8. The lowest BCUT2D eigenvalue weighted by Crippen LogP contribution is -2.55. The van der Waals surface area contributed by atoms with Crippen molar-refractivity contribution >= 4 is 15.9 Å². The van der Waals surface area contributed by atoms with Crippen molar-refractivity contribution in [3.63, 3.8) is 0 Å². The van der Waals surface area contributed by atoms with Crippen LogP contribution in [0.3, 0.4) is 0 Å². The molecule has 1 saturated carbocycles. The molecule has 1 saturated heterocycles. The van der Waals surface area contributed by atoms with Crippen LogP contribution in [0.1, 0.15) is 30.9 Å². The third-order valence-electron chi connectivity index (χ3n) is 5.09. The molecule has 25 heavy (non-hydrogen) atoms. The molecule has 1 heterocycles. The molecule has 2 aliphatic rings. The van der Waals surface area contributed by atoms with Gasteiger partial charge in [-0.25, -0.2) is 8.42 Å². The van der Waals surface area contributed by atoms with Crippen molar-refractivity contribution < 1.29 is 13.2 Å². The van der Waals surface area contributed by atoms with E-state index >= 15 is 0 Å². The van der Waals surface area contributed by atoms with Crippen molar-refractivity contribution in [1.82, 2.24) is 14.5 Å². The molecule has 3 rings (SSSR count). The fraction of sp³-hybridized carbons (Fsp3) is 0.611. The van der Waals surface area contributed by atoms with E-state index < -0.39 is 10.0 Å². The van der Waals surface area contributed by atoms with Crippen LogP contribution in [-0.4, -0.2) is 61.8 Å². The summed E-state index contributed by atoms with van der Waals surface area (Å²) in [6.07, 6.45) is 2.14. The van der Waals surface area contributed by atoms with Gasteiger partial charge >= 0.3 is 0 Å². The molecule has 1 aliphatic carbocycles. The average molecular weight is 365 g/mol. The van der Waals surface area contributed by atoms with Crippen LogP contribution in [0.15, 0.2) is 23.1 Å². The number of amides is 1. The molecular formula is C18H27N3O3S. The van der Waals surface area contributed by atoms with E-state index in [0.29, 0.717) is 37.1 Å². The Labute approximate surface area is 150 Å². The maximum Gasteiger partial charge on any atom is 0.243 e. The molecule has 1 amide bonds. The summed E-state index contributed by atoms with van der Waals surface area (Å²) >= 11 is 0. The Hall–Kier alpha value is -1.44. The zero-order valence-corrected chi connectivity index (χ0v) is 16.0. The van der Waals surface area contributed by atoms with Crippen molar-refractivity contribution in [2.75, 3.05) is 26.2 Å². The van der Waals surface area contributed by atoms with Gasteiger partial charge in [0.15, 0.2) is 0 Å². The van der Waals surface area contributed by atoms with Gasteiger partial charge in [-0.3, -0.25) is 9.69 Å². The summed E-state index contributed by atoms with van der Waals surface area (Å²) in [7, 11) is -3.49. The minimum atomic E-state index is -3.49. The van der Waals surface area contributed by atoms with Gasteiger partial charge in [0.05, 0.1) is 10.9 Å². The Morgan fingerprint density at radius 2 is 1.80 bits per heavy atom. The monoisotopic (exact) mass is 365 g/mol. The van der Waals surface area contributed by atoms with E-state index in [1.807, 2.05) is 32.9 Å². The van der Waals surface area contributed by atoms with Crippen LogP contribution >= 0.6 is 0 Å². The number of hydrogen-bond acceptors (Lipinski definition) is 4. The fourth-order valence-electron chi connectivity index (χ4n) is 3.17. The summed E-state index contributed by atoms with van der Waals surface area (Å²) in [5.74, 6) is 0.0494. The van der Waals surface area contributed by atoms with Crippen LogP contribution in [-0.2, 0) is 14.8 Å². The molecule has 2 fully saturated rings. The number of nitrogens with zero attached hydrogens (tertiary/aromatic N) is 2. The molecule has 6 nitrogen and oxygen atoms in total. The van der Waals surface area contributed by atoms with E-state index in [-0.39, 0.29) is 11.9 Å². The summed E-state index contributed by atoms with van der Waals surface area (Å²) in [4.78, 5) is 14.6. The third kappa shape index (κ3) is 4.04. The minimum Gasteiger partial charge on any atom is -0.352 e. The Balaban J connectivity index is 1.64. The summed E-state index contributed by atoms with van der Waals surface area (Å²) in [6.45, 7) is 7.59. The summed E-state index contributed by atoms with van der Waals surface area (Å²) in [6, 6.07) is 5.64. The molecule has 0 bridgehead atoms. The van der Waals surface area contributed by atoms with Gasteiger partial charge in [-0.2, -0.15) is 4.31 Å². The van der Waals surface area contributed by atoms with Gasteiger partial charge < -0.3 is 5.32 Å². The highest BCUT2D eigenvalue weighted by atomic mass is 32.2. The third-order valence-corrected chi connectivity index (χ3v) is 7.13. The number of carbonyl (C=O) groups excluding carboxylic acids is 1. The highest BCUT2D eigenvalue weighted by Gasteiger charge is 2.33. The van der Waals surface area contributed by atoms with Crippen molar-refractivity contribution in [2.24, 2.45) is 0 Å². The molecule has 0 radical (unpaired) electrons. The predicted octanol–water partition coefficient (Wildman–Crippen LogP) is 1.28. The van der Waals surface area contributed by atoms with Gasteiger partial charge in [0, 0.05) is 32.2 Å². The molecular weight excluding hydrogens is 338 g/mol. The van der Waals surface area contributed by atoms with Gasteiger partial charge in [-0.15, -0.1) is 0 Å². The molecule has 1 aromatic carbocycles. The standard InChI is InChI=1S/C18H27N3O3S/c1-13-4-5-14(2)17(12-13)25(23,24)21-10-8-20(9-11-21)15(3)18(22)19-16-6-7-16/h4-5,12,15-16H,6-11H2,1-3H3,(H,19,22)/t15-/m1/s1. The van der Waals surface area contributed by atoms with Crippen molar-refractivity contribution in [3.8, 4) is 0 Å². The maximum absolute atomic E-state index is 13.0. The lowest BCUT2D eigenvalue weighted by Gasteiger charge is -2.37. The number of rotatable bonds is 5. The van der Waals surface area contributed by atoms with Gasteiger partial charge in [0.25, 0.3) is 0 Å². The quantitative estimate of drug-likeness (QED) is 0.853. The second-order valence-electron chi connectivity index (χ2n) is 7.17. The van der Waals surface area contributed by atoms with E-state index in [4.69, 9.17) is 0 Å². The van der Waals surface area contributed by atoms with Gasteiger partial charge in [-0.1, -0.05) is 12.1 Å². The molecule has 0 spiro atoms. The van der Waals surface area contributed by atoms with E-state index in [2.05, 4.69) is 10.2 Å². The van der Waals surface area contributed by atoms with E-state index in [0.717, 1.165) is 24.0 Å². The number of nitrogens with one attached hydrogen (secondary N) is 1. The van der Waals surface area contributed by atoms with Crippen LogP contribution in [0, 0.1) is 13.8 Å². The molecule has 0 aromatic heterocycles. The first-order valence-electron chi connectivity index (χ1n) is 8.91. The van der Waals surface area contributed by atoms with Gasteiger partial charge in [-0.05, 0) is 50.8 Å². The molecule has 1 atom stereocenters. The molecule has 1 aliphatic heterocycles. The summed E-state index contributed by atoms with van der Waals surface area (Å²) in [5, 5.41) is 3.02. The number of sulfonamides is 1. The van der Waals surface area contributed by atoms with E-state index in [9.17, 15) is 13.2 Å². The van der Waals surface area contributed by atoms with E-state index in [1.54, 1.807) is 6.07 Å². The SMILES string of the molecule is Cc1ccc(C)c(S(=O)(=O)N2CCN([C@H](C)C(=O)NC3CC3)CC2)c1. The topological polar surface area (TPSA) is 69.7 Å². The Bertz CT molecular complexity index is 751. The zero-order valence-electron chi connectivity index (χ0n) is 15.2. The fourth-order valence-corrected chi connectivity index (χ4v) is 4.90. The number of carbonyl (C=O) groups is 1. The molecule has 1 N–H and O–H groups in total. The van der Waals surface area contributed by atoms with Crippen molar-refractivity contribution in [2.45, 2.75) is 50.6 Å². The average Bonchev–Trinajstić information content (AvgIpc) is 3.40. The second-order valence-corrected chi connectivity index (χ2v) is 9.07. The van der Waals surface area contributed by atoms with Crippen LogP contribution in [0.25, 0.3) is 0 Å². The number of aryl methyl sites for hydroxylation is 2. The Kier molecular flexibility index (Phi) is 5.18.